The monoisotopic (exact) mass is 460 g/mol. The highest BCUT2D eigenvalue weighted by atomic mass is 19.1. The molecule has 0 bridgehead atoms. The van der Waals surface area contributed by atoms with E-state index in [1.807, 2.05) is 17.0 Å². The number of nitrogens with zero attached hydrogens (tertiary/aromatic N) is 6. The Labute approximate surface area is 198 Å². The topological polar surface area (TPSA) is 78.1 Å². The van der Waals surface area contributed by atoms with E-state index in [2.05, 4.69) is 47.3 Å². The number of hydrogen-bond donors (Lipinski definition) is 0. The highest BCUT2D eigenvalue weighted by molar-refractivity contribution is 6.08. The number of anilines is 1. The molecule has 7 nitrogen and oxygen atoms in total. The Morgan fingerprint density at radius 2 is 1.94 bits per heavy atom. The number of fused-ring (bicyclic) bond motifs is 3. The van der Waals surface area contributed by atoms with E-state index in [0.29, 0.717) is 31.6 Å². The zero-order valence-electron chi connectivity index (χ0n) is 20.1. The van der Waals surface area contributed by atoms with Gasteiger partial charge in [0.15, 0.2) is 0 Å². The van der Waals surface area contributed by atoms with Gasteiger partial charge >= 0.3 is 0 Å². The molecule has 5 rings (SSSR count). The molecule has 3 aromatic rings. The molecule has 1 spiro atoms. The Hall–Kier alpha value is -3.31. The number of amides is 1. The lowest BCUT2D eigenvalue weighted by Crippen LogP contribution is -2.47. The number of benzene rings is 1. The van der Waals surface area contributed by atoms with Gasteiger partial charge in [-0.3, -0.25) is 4.79 Å². The normalized spacial score (nSPS) is 18.0. The standard InChI is InChI=1S/C26H29FN6O/c1-25(2,3)16-33-19(11-17-14-29-22(13-28)30-23(17)33)15-32-21-6-5-18(27)12-20(21)26(24(32)34)7-9-31(4)10-8-26/h5-6,11-12,14H,7-10,15-16H2,1-4H3. The van der Waals surface area contributed by atoms with Crippen LogP contribution in [0.1, 0.15) is 50.7 Å². The summed E-state index contributed by atoms with van der Waals surface area (Å²) in [5.41, 5.74) is 2.46. The van der Waals surface area contributed by atoms with E-state index in [1.54, 1.807) is 18.3 Å². The van der Waals surface area contributed by atoms with Crippen LogP contribution < -0.4 is 4.90 Å². The van der Waals surface area contributed by atoms with Crippen molar-refractivity contribution in [3.05, 3.63) is 53.4 Å². The lowest BCUT2D eigenvalue weighted by molar-refractivity contribution is -0.124. The summed E-state index contributed by atoms with van der Waals surface area (Å²) in [4.78, 5) is 26.6. The zero-order valence-corrected chi connectivity index (χ0v) is 20.1. The molecule has 0 aliphatic carbocycles. The number of piperidine rings is 1. The van der Waals surface area contributed by atoms with Crippen molar-refractivity contribution in [1.82, 2.24) is 19.4 Å². The molecule has 8 heteroatoms. The average molecular weight is 461 g/mol. The molecule has 4 heterocycles. The van der Waals surface area contributed by atoms with E-state index in [4.69, 9.17) is 0 Å². The first-order chi connectivity index (χ1) is 16.1. The van der Waals surface area contributed by atoms with E-state index < -0.39 is 5.41 Å². The Bertz CT molecular complexity index is 1320. The van der Waals surface area contributed by atoms with E-state index in [0.717, 1.165) is 35.4 Å². The summed E-state index contributed by atoms with van der Waals surface area (Å²) in [7, 11) is 2.05. The van der Waals surface area contributed by atoms with Crippen molar-refractivity contribution >= 4 is 22.6 Å². The fourth-order valence-corrected chi connectivity index (χ4v) is 5.34. The smallest absolute Gasteiger partial charge is 0.238 e. The van der Waals surface area contributed by atoms with Crippen LogP contribution in [0.25, 0.3) is 11.0 Å². The van der Waals surface area contributed by atoms with E-state index in [-0.39, 0.29) is 23.0 Å². The molecule has 1 saturated heterocycles. The summed E-state index contributed by atoms with van der Waals surface area (Å²) in [6, 6.07) is 8.74. The number of rotatable bonds is 3. The molecular formula is C26H29FN6O. The molecule has 176 valence electrons. The molecule has 1 aromatic carbocycles. The van der Waals surface area contributed by atoms with Gasteiger partial charge in [-0.1, -0.05) is 20.8 Å². The maximum absolute atomic E-state index is 14.3. The number of carbonyl (C=O) groups excluding carboxylic acids is 1. The van der Waals surface area contributed by atoms with Crippen LogP contribution in [0.3, 0.4) is 0 Å². The lowest BCUT2D eigenvalue weighted by Gasteiger charge is -2.37. The lowest BCUT2D eigenvalue weighted by atomic mass is 9.73. The Kier molecular flexibility index (Phi) is 5.21. The van der Waals surface area contributed by atoms with Crippen molar-refractivity contribution in [2.24, 2.45) is 5.41 Å². The van der Waals surface area contributed by atoms with Crippen molar-refractivity contribution in [1.29, 1.82) is 5.26 Å². The summed E-state index contributed by atoms with van der Waals surface area (Å²) in [5, 5.41) is 10.1. The predicted molar refractivity (Wildman–Crippen MR) is 128 cm³/mol. The number of likely N-dealkylation sites (tertiary alicyclic amines) is 1. The van der Waals surface area contributed by atoms with Crippen molar-refractivity contribution in [2.45, 2.75) is 52.1 Å². The van der Waals surface area contributed by atoms with Crippen molar-refractivity contribution in [3.8, 4) is 6.07 Å². The molecule has 0 atom stereocenters. The van der Waals surface area contributed by atoms with Gasteiger partial charge in [0.2, 0.25) is 11.7 Å². The van der Waals surface area contributed by atoms with Crippen LogP contribution in [-0.2, 0) is 23.3 Å². The van der Waals surface area contributed by atoms with Crippen LogP contribution in [0.2, 0.25) is 0 Å². The van der Waals surface area contributed by atoms with Crippen molar-refractivity contribution in [2.75, 3.05) is 25.0 Å². The van der Waals surface area contributed by atoms with Gasteiger partial charge in [0.25, 0.3) is 0 Å². The number of halogens is 1. The minimum Gasteiger partial charge on any atom is -0.327 e. The molecule has 0 unspecified atom stereocenters. The van der Waals surface area contributed by atoms with Crippen molar-refractivity contribution in [3.63, 3.8) is 0 Å². The molecule has 0 N–H and O–H groups in total. The van der Waals surface area contributed by atoms with Crippen LogP contribution in [-0.4, -0.2) is 45.5 Å². The van der Waals surface area contributed by atoms with Crippen molar-refractivity contribution < 1.29 is 9.18 Å². The summed E-state index contributed by atoms with van der Waals surface area (Å²) < 4.78 is 16.4. The second-order valence-electron chi connectivity index (χ2n) is 10.8. The van der Waals surface area contributed by atoms with Crippen LogP contribution in [0.15, 0.2) is 30.5 Å². The fourth-order valence-electron chi connectivity index (χ4n) is 5.34. The van der Waals surface area contributed by atoms with Gasteiger partial charge < -0.3 is 14.4 Å². The largest absolute Gasteiger partial charge is 0.327 e. The molecule has 0 saturated carbocycles. The van der Waals surface area contributed by atoms with Crippen LogP contribution >= 0.6 is 0 Å². The summed E-state index contributed by atoms with van der Waals surface area (Å²) in [6.07, 6.45) is 3.02. The first-order valence-electron chi connectivity index (χ1n) is 11.7. The number of carbonyl (C=O) groups is 1. The van der Waals surface area contributed by atoms with Gasteiger partial charge in [-0.05, 0) is 68.2 Å². The first-order valence-corrected chi connectivity index (χ1v) is 11.7. The van der Waals surface area contributed by atoms with Gasteiger partial charge in [0, 0.05) is 29.5 Å². The summed E-state index contributed by atoms with van der Waals surface area (Å²) in [5.74, 6) is -0.152. The Morgan fingerprint density at radius 1 is 1.21 bits per heavy atom. The van der Waals surface area contributed by atoms with Crippen LogP contribution in [0.5, 0.6) is 0 Å². The molecule has 2 aromatic heterocycles. The number of aromatic nitrogens is 3. The predicted octanol–water partition coefficient (Wildman–Crippen LogP) is 4.00. The molecule has 0 radical (unpaired) electrons. The van der Waals surface area contributed by atoms with E-state index in [1.165, 1.54) is 6.07 Å². The van der Waals surface area contributed by atoms with E-state index >= 15 is 0 Å². The van der Waals surface area contributed by atoms with Crippen LogP contribution in [0.4, 0.5) is 10.1 Å². The average Bonchev–Trinajstić information content (AvgIpc) is 3.22. The van der Waals surface area contributed by atoms with Crippen LogP contribution in [0, 0.1) is 22.6 Å². The number of nitriles is 1. The highest BCUT2D eigenvalue weighted by Crippen LogP contribution is 2.48. The molecule has 1 amide bonds. The van der Waals surface area contributed by atoms with Gasteiger partial charge in [-0.15, -0.1) is 0 Å². The second kappa shape index (κ2) is 7.88. The molecule has 2 aliphatic heterocycles. The third-order valence-electron chi connectivity index (χ3n) is 7.03. The first kappa shape index (κ1) is 22.5. The molecular weight excluding hydrogens is 431 g/mol. The maximum Gasteiger partial charge on any atom is 0.238 e. The highest BCUT2D eigenvalue weighted by Gasteiger charge is 2.52. The fraction of sp³-hybridized carbons (Fsp3) is 0.462. The minimum absolute atomic E-state index is 0.0394. The third kappa shape index (κ3) is 3.64. The third-order valence-corrected chi connectivity index (χ3v) is 7.03. The summed E-state index contributed by atoms with van der Waals surface area (Å²) >= 11 is 0. The summed E-state index contributed by atoms with van der Waals surface area (Å²) in [6.45, 7) is 9.04. The van der Waals surface area contributed by atoms with Gasteiger partial charge in [-0.25, -0.2) is 14.4 Å². The van der Waals surface area contributed by atoms with E-state index in [9.17, 15) is 14.4 Å². The second-order valence-corrected chi connectivity index (χ2v) is 10.8. The zero-order chi connectivity index (χ0) is 24.3. The number of hydrogen-bond acceptors (Lipinski definition) is 5. The SMILES string of the molecule is CN1CCC2(CC1)C(=O)N(Cc1cc3cnc(C#N)nc3n1CC(C)(C)C)c1ccc(F)cc12. The Balaban J connectivity index is 1.61. The van der Waals surface area contributed by atoms with Gasteiger partial charge in [0.1, 0.15) is 17.5 Å². The maximum atomic E-state index is 14.3. The quantitative estimate of drug-likeness (QED) is 0.590. The van der Waals surface area contributed by atoms with Gasteiger partial charge in [-0.2, -0.15) is 5.26 Å². The minimum atomic E-state index is -0.682. The van der Waals surface area contributed by atoms with Gasteiger partial charge in [0.05, 0.1) is 12.0 Å². The Morgan fingerprint density at radius 3 is 2.62 bits per heavy atom. The molecule has 1 fully saturated rings. The molecule has 2 aliphatic rings. The molecule has 34 heavy (non-hydrogen) atoms.